The van der Waals surface area contributed by atoms with E-state index in [1.165, 1.54) is 0 Å². The molecule has 0 aliphatic carbocycles. The number of aromatic nitrogens is 3. The first-order valence-electron chi connectivity index (χ1n) is 6.43. The lowest BCUT2D eigenvalue weighted by Gasteiger charge is -2.10. The molecule has 102 valence electrons. The topological polar surface area (TPSA) is 62.5 Å². The van der Waals surface area contributed by atoms with Crippen LogP contribution in [0.5, 0.6) is 5.75 Å². The van der Waals surface area contributed by atoms with Gasteiger partial charge in [-0.2, -0.15) is 0 Å². The third kappa shape index (κ3) is 1.71. The fourth-order valence-electron chi connectivity index (χ4n) is 2.38. The van der Waals surface area contributed by atoms with Crippen LogP contribution in [0.4, 0.5) is 5.82 Å². The summed E-state index contributed by atoms with van der Waals surface area (Å²) in [5.74, 6) is 1.06. The molecule has 5 nitrogen and oxygen atoms in total. The number of nitrogens with one attached hydrogen (secondary N) is 1. The highest BCUT2D eigenvalue weighted by Gasteiger charge is 2.13. The molecule has 0 aliphatic heterocycles. The zero-order chi connectivity index (χ0) is 14.3. The van der Waals surface area contributed by atoms with E-state index in [1.807, 2.05) is 43.8 Å². The van der Waals surface area contributed by atoms with Crippen LogP contribution in [0.1, 0.15) is 11.1 Å². The van der Waals surface area contributed by atoms with Crippen molar-refractivity contribution in [3.05, 3.63) is 41.9 Å². The lowest BCUT2D eigenvalue weighted by atomic mass is 10.0. The highest BCUT2D eigenvalue weighted by Crippen LogP contribution is 2.31. The van der Waals surface area contributed by atoms with Gasteiger partial charge >= 0.3 is 0 Å². The number of hydrogen-bond acceptors (Lipinski definition) is 4. The van der Waals surface area contributed by atoms with Crippen LogP contribution in [0.2, 0.25) is 0 Å². The van der Waals surface area contributed by atoms with E-state index in [0.717, 1.165) is 33.8 Å². The van der Waals surface area contributed by atoms with E-state index in [-0.39, 0.29) is 0 Å². The summed E-state index contributed by atoms with van der Waals surface area (Å²) >= 11 is 0. The highest BCUT2D eigenvalue weighted by molar-refractivity contribution is 5.73. The Bertz CT molecular complexity index is 792. The van der Waals surface area contributed by atoms with Crippen molar-refractivity contribution in [2.75, 3.05) is 12.4 Å². The van der Waals surface area contributed by atoms with Gasteiger partial charge in [0.25, 0.3) is 0 Å². The van der Waals surface area contributed by atoms with Crippen LogP contribution >= 0.6 is 0 Å². The predicted molar refractivity (Wildman–Crippen MR) is 79.1 cm³/mol. The zero-order valence-electron chi connectivity index (χ0n) is 11.7. The predicted octanol–water partition coefficient (Wildman–Crippen LogP) is 2.76. The van der Waals surface area contributed by atoms with Crippen LogP contribution in [0.15, 0.2) is 30.7 Å². The van der Waals surface area contributed by atoms with Crippen molar-refractivity contribution < 1.29 is 5.11 Å². The average Bonchev–Trinajstić information content (AvgIpc) is 2.89. The number of phenolic OH excluding ortho intramolecular Hbond substituents is 1. The Morgan fingerprint density at radius 1 is 1.15 bits per heavy atom. The van der Waals surface area contributed by atoms with Crippen molar-refractivity contribution in [1.29, 1.82) is 0 Å². The van der Waals surface area contributed by atoms with Crippen LogP contribution in [-0.2, 0) is 0 Å². The van der Waals surface area contributed by atoms with E-state index in [4.69, 9.17) is 0 Å². The van der Waals surface area contributed by atoms with Gasteiger partial charge in [-0.1, -0.05) is 0 Å². The van der Waals surface area contributed by atoms with Gasteiger partial charge in [-0.05, 0) is 37.1 Å². The van der Waals surface area contributed by atoms with Gasteiger partial charge in [-0.3, -0.25) is 4.40 Å². The average molecular weight is 268 g/mol. The lowest BCUT2D eigenvalue weighted by molar-refractivity contribution is 0.470. The monoisotopic (exact) mass is 268 g/mol. The minimum atomic E-state index is 0.317. The van der Waals surface area contributed by atoms with Gasteiger partial charge < -0.3 is 10.4 Å². The van der Waals surface area contributed by atoms with E-state index < -0.39 is 0 Å². The zero-order valence-corrected chi connectivity index (χ0v) is 11.7. The summed E-state index contributed by atoms with van der Waals surface area (Å²) in [6, 6.07) is 3.64. The molecule has 2 aromatic heterocycles. The summed E-state index contributed by atoms with van der Waals surface area (Å²) in [6.07, 6.45) is 5.46. The first kappa shape index (κ1) is 12.5. The van der Waals surface area contributed by atoms with Gasteiger partial charge in [-0.25, -0.2) is 9.97 Å². The van der Waals surface area contributed by atoms with E-state index in [1.54, 1.807) is 12.3 Å². The van der Waals surface area contributed by atoms with E-state index in [9.17, 15) is 5.11 Å². The molecule has 5 heteroatoms. The molecule has 0 bridgehead atoms. The SMILES string of the molecule is CNc1nccn2c(-c3ccc(O)c(C)c3C)cnc12. The molecular weight excluding hydrogens is 252 g/mol. The van der Waals surface area contributed by atoms with Crippen molar-refractivity contribution in [3.8, 4) is 17.0 Å². The molecule has 20 heavy (non-hydrogen) atoms. The van der Waals surface area contributed by atoms with Gasteiger partial charge in [0.05, 0.1) is 11.9 Å². The Balaban J connectivity index is 2.28. The number of anilines is 1. The molecule has 3 aromatic rings. The van der Waals surface area contributed by atoms with Crippen LogP contribution in [-0.4, -0.2) is 26.5 Å². The molecule has 0 unspecified atom stereocenters. The summed E-state index contributed by atoms with van der Waals surface area (Å²) in [7, 11) is 1.83. The van der Waals surface area contributed by atoms with E-state index in [0.29, 0.717) is 5.75 Å². The fourth-order valence-corrected chi connectivity index (χ4v) is 2.38. The largest absolute Gasteiger partial charge is 0.508 e. The molecule has 0 spiro atoms. The summed E-state index contributed by atoms with van der Waals surface area (Å²) in [5, 5.41) is 12.8. The molecule has 0 aliphatic rings. The van der Waals surface area contributed by atoms with Crippen molar-refractivity contribution in [3.63, 3.8) is 0 Å². The van der Waals surface area contributed by atoms with Gasteiger partial charge in [0.2, 0.25) is 0 Å². The number of rotatable bonds is 2. The number of hydrogen-bond donors (Lipinski definition) is 2. The summed E-state index contributed by atoms with van der Waals surface area (Å²) in [6.45, 7) is 3.92. The molecule has 1 aromatic carbocycles. The van der Waals surface area contributed by atoms with Crippen LogP contribution < -0.4 is 5.32 Å². The van der Waals surface area contributed by atoms with Gasteiger partial charge in [-0.15, -0.1) is 0 Å². The van der Waals surface area contributed by atoms with Gasteiger partial charge in [0.1, 0.15) is 5.75 Å². The number of phenols is 1. The third-order valence-corrected chi connectivity index (χ3v) is 3.70. The maximum atomic E-state index is 9.78. The lowest BCUT2D eigenvalue weighted by Crippen LogP contribution is -1.98. The fraction of sp³-hybridized carbons (Fsp3) is 0.200. The summed E-state index contributed by atoms with van der Waals surface area (Å²) < 4.78 is 2.00. The minimum Gasteiger partial charge on any atom is -0.508 e. The number of benzene rings is 1. The number of fused-ring (bicyclic) bond motifs is 1. The molecule has 0 amide bonds. The molecule has 0 saturated heterocycles. The first-order chi connectivity index (χ1) is 9.63. The molecule has 2 N–H and O–H groups in total. The summed E-state index contributed by atoms with van der Waals surface area (Å²) in [4.78, 5) is 8.69. The van der Waals surface area contributed by atoms with Crippen molar-refractivity contribution in [2.45, 2.75) is 13.8 Å². The molecule has 0 radical (unpaired) electrons. The quantitative estimate of drug-likeness (QED) is 0.750. The smallest absolute Gasteiger partial charge is 0.180 e. The second-order valence-corrected chi connectivity index (χ2v) is 4.75. The minimum absolute atomic E-state index is 0.317. The molecular formula is C15H16N4O. The standard InChI is InChI=1S/C15H16N4O/c1-9-10(2)13(20)5-4-11(9)12-8-18-15-14(16-3)17-6-7-19(12)15/h4-8,20H,1-3H3,(H,16,17). The number of nitrogens with zero attached hydrogens (tertiary/aromatic N) is 3. The molecule has 3 rings (SSSR count). The van der Waals surface area contributed by atoms with Crippen LogP contribution in [0, 0.1) is 13.8 Å². The Kier molecular flexibility index (Phi) is 2.82. The van der Waals surface area contributed by atoms with Crippen molar-refractivity contribution >= 4 is 11.5 Å². The first-order valence-corrected chi connectivity index (χ1v) is 6.43. The van der Waals surface area contributed by atoms with Crippen LogP contribution in [0.3, 0.4) is 0 Å². The van der Waals surface area contributed by atoms with E-state index >= 15 is 0 Å². The molecule has 0 fully saturated rings. The Morgan fingerprint density at radius 2 is 1.95 bits per heavy atom. The highest BCUT2D eigenvalue weighted by atomic mass is 16.3. The molecule has 0 atom stereocenters. The summed E-state index contributed by atoms with van der Waals surface area (Å²) in [5.41, 5.74) is 4.77. The van der Waals surface area contributed by atoms with Gasteiger partial charge in [0.15, 0.2) is 11.5 Å². The second-order valence-electron chi connectivity index (χ2n) is 4.75. The molecule has 0 saturated carbocycles. The van der Waals surface area contributed by atoms with Crippen LogP contribution in [0.25, 0.3) is 16.9 Å². The van der Waals surface area contributed by atoms with Crippen molar-refractivity contribution in [1.82, 2.24) is 14.4 Å². The maximum absolute atomic E-state index is 9.78. The van der Waals surface area contributed by atoms with E-state index in [2.05, 4.69) is 15.3 Å². The maximum Gasteiger partial charge on any atom is 0.180 e. The Hall–Kier alpha value is -2.56. The number of imidazole rings is 1. The Labute approximate surface area is 116 Å². The molecule has 2 heterocycles. The Morgan fingerprint density at radius 3 is 2.70 bits per heavy atom. The van der Waals surface area contributed by atoms with Gasteiger partial charge in [0, 0.05) is 25.0 Å². The third-order valence-electron chi connectivity index (χ3n) is 3.70. The number of aromatic hydroxyl groups is 1. The normalized spacial score (nSPS) is 10.9. The van der Waals surface area contributed by atoms with Crippen molar-refractivity contribution in [2.24, 2.45) is 0 Å². The second kappa shape index (κ2) is 4.52.